The number of imidazole rings is 1. The van der Waals surface area contributed by atoms with Gasteiger partial charge in [-0.15, -0.1) is 0 Å². The molecular formula is C22H31N7O. The van der Waals surface area contributed by atoms with Crippen molar-refractivity contribution >= 4 is 28.8 Å². The first-order valence-electron chi connectivity index (χ1n) is 10.2. The molecule has 160 valence electrons. The highest BCUT2D eigenvalue weighted by Gasteiger charge is 2.25. The van der Waals surface area contributed by atoms with E-state index in [9.17, 15) is 4.79 Å². The Hall–Kier alpha value is -3.00. The lowest BCUT2D eigenvalue weighted by Gasteiger charge is -2.25. The zero-order valence-electron chi connectivity index (χ0n) is 18.6. The highest BCUT2D eigenvalue weighted by Crippen LogP contribution is 2.29. The van der Waals surface area contributed by atoms with Crippen molar-refractivity contribution in [3.8, 4) is 0 Å². The lowest BCUT2D eigenvalue weighted by atomic mass is 10.1. The topological polar surface area (TPSA) is 96.8 Å². The quantitative estimate of drug-likeness (QED) is 0.538. The molecule has 0 saturated heterocycles. The Morgan fingerprint density at radius 2 is 1.70 bits per heavy atom. The van der Waals surface area contributed by atoms with E-state index in [1.54, 1.807) is 12.1 Å². The first-order valence-corrected chi connectivity index (χ1v) is 10.2. The molecule has 3 aromatic rings. The molecule has 1 amide bonds. The minimum Gasteiger partial charge on any atom is -0.354 e. The highest BCUT2D eigenvalue weighted by molar-refractivity contribution is 6.06. The third-order valence-corrected chi connectivity index (χ3v) is 4.45. The van der Waals surface area contributed by atoms with E-state index >= 15 is 0 Å². The molecule has 0 aliphatic rings. The number of anilines is 2. The van der Waals surface area contributed by atoms with E-state index in [4.69, 9.17) is 4.98 Å². The van der Waals surface area contributed by atoms with Crippen LogP contribution in [-0.4, -0.2) is 44.1 Å². The number of nitrogens with one attached hydrogen (secondary N) is 3. The molecule has 8 nitrogen and oxygen atoms in total. The summed E-state index contributed by atoms with van der Waals surface area (Å²) < 4.78 is 2.04. The number of amides is 1. The maximum absolute atomic E-state index is 12.6. The standard InChI is InChI=1S/C22H31N7O/c1-21(2,3)26-13-12-23-20-27-16-17(28-19(30)15-10-8-7-9-11-15)24-14-25-18(16)29(20)22(4,5)6/h7-11,14,26H,12-13H2,1-6H3,(H,23,27)(H,24,25,28,30). The van der Waals surface area contributed by atoms with Gasteiger partial charge in [-0.1, -0.05) is 18.2 Å². The van der Waals surface area contributed by atoms with Crippen molar-refractivity contribution in [3.63, 3.8) is 0 Å². The van der Waals surface area contributed by atoms with Gasteiger partial charge in [-0.25, -0.2) is 15.0 Å². The van der Waals surface area contributed by atoms with Crippen LogP contribution in [0.5, 0.6) is 0 Å². The number of hydrogen-bond donors (Lipinski definition) is 3. The van der Waals surface area contributed by atoms with Crippen molar-refractivity contribution in [2.45, 2.75) is 52.6 Å². The third kappa shape index (κ3) is 5.13. The smallest absolute Gasteiger partial charge is 0.256 e. The van der Waals surface area contributed by atoms with Crippen LogP contribution >= 0.6 is 0 Å². The van der Waals surface area contributed by atoms with Crippen molar-refractivity contribution in [1.29, 1.82) is 0 Å². The van der Waals surface area contributed by atoms with Gasteiger partial charge in [0.15, 0.2) is 17.0 Å². The normalized spacial score (nSPS) is 12.2. The molecule has 30 heavy (non-hydrogen) atoms. The van der Waals surface area contributed by atoms with Crippen LogP contribution in [0.25, 0.3) is 11.2 Å². The zero-order valence-corrected chi connectivity index (χ0v) is 18.6. The molecule has 0 aliphatic heterocycles. The first kappa shape index (κ1) is 21.7. The molecule has 3 N–H and O–H groups in total. The molecule has 2 heterocycles. The van der Waals surface area contributed by atoms with E-state index < -0.39 is 0 Å². The Labute approximate surface area is 177 Å². The number of carbonyl (C=O) groups excluding carboxylic acids is 1. The summed E-state index contributed by atoms with van der Waals surface area (Å²) in [5, 5.41) is 9.73. The number of benzene rings is 1. The van der Waals surface area contributed by atoms with Gasteiger partial charge in [0, 0.05) is 29.7 Å². The molecule has 0 radical (unpaired) electrons. The summed E-state index contributed by atoms with van der Waals surface area (Å²) in [6, 6.07) is 9.05. The Bertz CT molecular complexity index is 1010. The lowest BCUT2D eigenvalue weighted by molar-refractivity contribution is 0.102. The van der Waals surface area contributed by atoms with Gasteiger partial charge in [0.25, 0.3) is 5.91 Å². The van der Waals surface area contributed by atoms with Crippen molar-refractivity contribution in [2.75, 3.05) is 23.7 Å². The van der Waals surface area contributed by atoms with Crippen LogP contribution in [0.15, 0.2) is 36.7 Å². The Balaban J connectivity index is 1.91. The predicted octanol–water partition coefficient (Wildman–Crippen LogP) is 3.63. The highest BCUT2D eigenvalue weighted by atomic mass is 16.1. The van der Waals surface area contributed by atoms with Crippen LogP contribution in [0.3, 0.4) is 0 Å². The Kier molecular flexibility index (Phi) is 6.07. The fourth-order valence-corrected chi connectivity index (χ4v) is 3.12. The largest absolute Gasteiger partial charge is 0.354 e. The van der Waals surface area contributed by atoms with Crippen LogP contribution in [-0.2, 0) is 5.54 Å². The summed E-state index contributed by atoms with van der Waals surface area (Å²) >= 11 is 0. The summed E-state index contributed by atoms with van der Waals surface area (Å²) in [4.78, 5) is 26.1. The minimum atomic E-state index is -0.260. The molecule has 0 fully saturated rings. The van der Waals surface area contributed by atoms with E-state index in [-0.39, 0.29) is 17.0 Å². The molecule has 0 unspecified atom stereocenters. The third-order valence-electron chi connectivity index (χ3n) is 4.45. The minimum absolute atomic E-state index is 0.0478. The lowest BCUT2D eigenvalue weighted by Crippen LogP contribution is -2.39. The molecule has 3 rings (SSSR count). The number of rotatable bonds is 6. The average molecular weight is 410 g/mol. The van der Waals surface area contributed by atoms with Crippen molar-refractivity contribution in [1.82, 2.24) is 24.8 Å². The Morgan fingerprint density at radius 3 is 2.33 bits per heavy atom. The van der Waals surface area contributed by atoms with E-state index in [1.807, 2.05) is 22.8 Å². The summed E-state index contributed by atoms with van der Waals surface area (Å²) in [5.41, 5.74) is 1.58. The number of carbonyl (C=O) groups is 1. The SMILES string of the molecule is CC(C)(C)NCCNc1nc2c(NC(=O)c3ccccc3)ncnc2n1C(C)(C)C. The molecule has 0 spiro atoms. The van der Waals surface area contributed by atoms with Crippen molar-refractivity contribution < 1.29 is 4.79 Å². The number of hydrogen-bond acceptors (Lipinski definition) is 6. The van der Waals surface area contributed by atoms with Gasteiger partial charge in [-0.3, -0.25) is 9.36 Å². The van der Waals surface area contributed by atoms with Gasteiger partial charge >= 0.3 is 0 Å². The molecular weight excluding hydrogens is 378 g/mol. The van der Waals surface area contributed by atoms with Crippen molar-refractivity contribution in [3.05, 3.63) is 42.2 Å². The van der Waals surface area contributed by atoms with Gasteiger partial charge in [-0.2, -0.15) is 0 Å². The molecule has 1 aromatic carbocycles. The van der Waals surface area contributed by atoms with Gasteiger partial charge in [0.05, 0.1) is 0 Å². The summed E-state index contributed by atoms with van der Waals surface area (Å²) in [6.45, 7) is 14.2. The van der Waals surface area contributed by atoms with E-state index in [0.717, 1.165) is 6.54 Å². The molecule has 8 heteroatoms. The molecule has 0 atom stereocenters. The zero-order chi connectivity index (χ0) is 21.9. The van der Waals surface area contributed by atoms with Gasteiger partial charge in [0.1, 0.15) is 6.33 Å². The second-order valence-corrected chi connectivity index (χ2v) is 9.26. The molecule has 0 aliphatic carbocycles. The first-order chi connectivity index (χ1) is 14.1. The van der Waals surface area contributed by atoms with Gasteiger partial charge < -0.3 is 16.0 Å². The van der Waals surface area contributed by atoms with Crippen LogP contribution in [0.1, 0.15) is 51.9 Å². The molecule has 0 saturated carbocycles. The van der Waals surface area contributed by atoms with Crippen molar-refractivity contribution in [2.24, 2.45) is 0 Å². The number of aromatic nitrogens is 4. The van der Waals surface area contributed by atoms with Crippen LogP contribution in [0, 0.1) is 0 Å². The van der Waals surface area contributed by atoms with E-state index in [1.165, 1.54) is 6.33 Å². The second-order valence-electron chi connectivity index (χ2n) is 9.26. The second kappa shape index (κ2) is 8.39. The van der Waals surface area contributed by atoms with Crippen LogP contribution in [0.4, 0.5) is 11.8 Å². The maximum Gasteiger partial charge on any atom is 0.256 e. The number of fused-ring (bicyclic) bond motifs is 1. The van der Waals surface area contributed by atoms with Crippen LogP contribution < -0.4 is 16.0 Å². The number of nitrogens with zero attached hydrogens (tertiary/aromatic N) is 4. The monoisotopic (exact) mass is 409 g/mol. The summed E-state index contributed by atoms with van der Waals surface area (Å²) in [5.74, 6) is 0.862. The average Bonchev–Trinajstić information content (AvgIpc) is 3.05. The van der Waals surface area contributed by atoms with Crippen LogP contribution in [0.2, 0.25) is 0 Å². The van der Waals surface area contributed by atoms with Gasteiger partial charge in [0.2, 0.25) is 5.95 Å². The fourth-order valence-electron chi connectivity index (χ4n) is 3.12. The fraction of sp³-hybridized carbons (Fsp3) is 0.455. The Morgan fingerprint density at radius 1 is 1.00 bits per heavy atom. The predicted molar refractivity (Wildman–Crippen MR) is 121 cm³/mol. The molecule has 0 bridgehead atoms. The van der Waals surface area contributed by atoms with Gasteiger partial charge in [-0.05, 0) is 53.7 Å². The summed E-state index contributed by atoms with van der Waals surface area (Å²) in [6.07, 6.45) is 1.46. The van der Waals surface area contributed by atoms with E-state index in [0.29, 0.717) is 35.0 Å². The van der Waals surface area contributed by atoms with E-state index in [2.05, 4.69) is 67.5 Å². The maximum atomic E-state index is 12.6. The summed E-state index contributed by atoms with van der Waals surface area (Å²) in [7, 11) is 0. The molecule has 2 aromatic heterocycles.